The molecule has 0 saturated carbocycles. The van der Waals surface area contributed by atoms with Crippen LogP contribution in [0.2, 0.25) is 0 Å². The van der Waals surface area contributed by atoms with Crippen LogP contribution in [0, 0.1) is 5.92 Å². The summed E-state index contributed by atoms with van der Waals surface area (Å²) in [5.74, 6) is 1.86. The number of hydrogen-bond donors (Lipinski definition) is 3. The highest BCUT2D eigenvalue weighted by Gasteiger charge is 2.13. The lowest BCUT2D eigenvalue weighted by atomic mass is 10.1. The Labute approximate surface area is 126 Å². The SMILES string of the molecule is CCOc1cccc(CNCC(C)C)c1OCC(O)CO. The van der Waals surface area contributed by atoms with E-state index in [-0.39, 0.29) is 13.2 Å². The minimum Gasteiger partial charge on any atom is -0.490 e. The van der Waals surface area contributed by atoms with E-state index in [0.29, 0.717) is 30.6 Å². The number of ether oxygens (including phenoxy) is 2. The van der Waals surface area contributed by atoms with Gasteiger partial charge in [-0.25, -0.2) is 0 Å². The number of para-hydroxylation sites is 1. The summed E-state index contributed by atoms with van der Waals surface area (Å²) in [6.07, 6.45) is -0.892. The predicted molar refractivity (Wildman–Crippen MR) is 82.7 cm³/mol. The number of rotatable bonds is 10. The van der Waals surface area contributed by atoms with Crippen molar-refractivity contribution in [2.24, 2.45) is 5.92 Å². The monoisotopic (exact) mass is 297 g/mol. The average molecular weight is 297 g/mol. The van der Waals surface area contributed by atoms with Gasteiger partial charge in [0.25, 0.3) is 0 Å². The van der Waals surface area contributed by atoms with Crippen molar-refractivity contribution in [3.63, 3.8) is 0 Å². The van der Waals surface area contributed by atoms with Crippen LogP contribution in [0.3, 0.4) is 0 Å². The average Bonchev–Trinajstić information content (AvgIpc) is 2.46. The van der Waals surface area contributed by atoms with Gasteiger partial charge in [-0.15, -0.1) is 0 Å². The summed E-state index contributed by atoms with van der Waals surface area (Å²) in [6.45, 7) is 8.06. The van der Waals surface area contributed by atoms with Crippen molar-refractivity contribution < 1.29 is 19.7 Å². The third kappa shape index (κ3) is 6.33. The lowest BCUT2D eigenvalue weighted by Crippen LogP contribution is -2.23. The van der Waals surface area contributed by atoms with Crippen LogP contribution < -0.4 is 14.8 Å². The summed E-state index contributed by atoms with van der Waals surface area (Å²) in [5, 5.41) is 21.7. The maximum atomic E-state index is 9.45. The first-order valence-corrected chi connectivity index (χ1v) is 7.45. The summed E-state index contributed by atoms with van der Waals surface area (Å²) in [4.78, 5) is 0. The van der Waals surface area contributed by atoms with Crippen molar-refractivity contribution in [1.82, 2.24) is 5.32 Å². The first kappa shape index (κ1) is 17.8. The summed E-state index contributed by atoms with van der Waals surface area (Å²) in [6, 6.07) is 5.74. The first-order valence-electron chi connectivity index (χ1n) is 7.45. The van der Waals surface area contributed by atoms with E-state index in [1.807, 2.05) is 25.1 Å². The Kier molecular flexibility index (Phi) is 8.12. The Morgan fingerprint density at radius 2 is 2.00 bits per heavy atom. The van der Waals surface area contributed by atoms with Crippen LogP contribution in [0.15, 0.2) is 18.2 Å². The van der Waals surface area contributed by atoms with Gasteiger partial charge in [-0.2, -0.15) is 0 Å². The van der Waals surface area contributed by atoms with E-state index in [1.54, 1.807) is 0 Å². The van der Waals surface area contributed by atoms with E-state index in [2.05, 4.69) is 19.2 Å². The van der Waals surface area contributed by atoms with Gasteiger partial charge in [0.05, 0.1) is 13.2 Å². The first-order chi connectivity index (χ1) is 10.1. The molecule has 3 N–H and O–H groups in total. The largest absolute Gasteiger partial charge is 0.490 e. The summed E-state index contributed by atoms with van der Waals surface area (Å²) in [5.41, 5.74) is 0.978. The van der Waals surface area contributed by atoms with E-state index in [1.165, 1.54) is 0 Å². The highest BCUT2D eigenvalue weighted by Crippen LogP contribution is 2.31. The standard InChI is InChI=1S/C16H27NO4/c1-4-20-15-7-5-6-13(9-17-8-12(2)3)16(15)21-11-14(19)10-18/h5-7,12,14,17-19H,4,8-11H2,1-3H3. The van der Waals surface area contributed by atoms with Crippen LogP contribution in [-0.4, -0.2) is 42.7 Å². The van der Waals surface area contributed by atoms with Gasteiger partial charge >= 0.3 is 0 Å². The van der Waals surface area contributed by atoms with Crippen LogP contribution in [-0.2, 0) is 6.54 Å². The Hall–Kier alpha value is -1.30. The molecule has 0 saturated heterocycles. The fourth-order valence-corrected chi connectivity index (χ4v) is 1.86. The third-order valence-electron chi connectivity index (χ3n) is 2.86. The molecule has 0 fully saturated rings. The lowest BCUT2D eigenvalue weighted by molar-refractivity contribution is 0.0521. The number of benzene rings is 1. The molecule has 0 bridgehead atoms. The van der Waals surface area contributed by atoms with Crippen molar-refractivity contribution in [3.8, 4) is 11.5 Å². The van der Waals surface area contributed by atoms with Gasteiger partial charge in [0.2, 0.25) is 0 Å². The molecule has 120 valence electrons. The molecule has 1 rings (SSSR count). The highest BCUT2D eigenvalue weighted by atomic mass is 16.5. The molecule has 21 heavy (non-hydrogen) atoms. The van der Waals surface area contributed by atoms with Gasteiger partial charge in [0.15, 0.2) is 11.5 Å². The van der Waals surface area contributed by atoms with Crippen molar-refractivity contribution >= 4 is 0 Å². The van der Waals surface area contributed by atoms with Gasteiger partial charge in [-0.1, -0.05) is 26.0 Å². The predicted octanol–water partition coefficient (Wildman–Crippen LogP) is 1.56. The molecule has 0 aromatic heterocycles. The number of nitrogens with one attached hydrogen (secondary N) is 1. The molecular formula is C16H27NO4. The van der Waals surface area contributed by atoms with Gasteiger partial charge in [0.1, 0.15) is 12.7 Å². The lowest BCUT2D eigenvalue weighted by Gasteiger charge is -2.18. The normalized spacial score (nSPS) is 12.5. The molecule has 1 aromatic rings. The minimum absolute atomic E-state index is 0.0395. The number of aliphatic hydroxyl groups is 2. The molecule has 0 radical (unpaired) electrons. The Balaban J connectivity index is 2.80. The zero-order valence-electron chi connectivity index (χ0n) is 13.1. The fraction of sp³-hybridized carbons (Fsp3) is 0.625. The Bertz CT molecular complexity index is 409. The van der Waals surface area contributed by atoms with E-state index in [9.17, 15) is 5.11 Å². The molecule has 0 heterocycles. The van der Waals surface area contributed by atoms with Crippen molar-refractivity contribution in [2.75, 3.05) is 26.4 Å². The molecule has 1 aromatic carbocycles. The maximum Gasteiger partial charge on any atom is 0.165 e. The molecule has 5 nitrogen and oxygen atoms in total. The van der Waals surface area contributed by atoms with E-state index < -0.39 is 6.10 Å². The van der Waals surface area contributed by atoms with Gasteiger partial charge < -0.3 is 25.0 Å². The quantitative estimate of drug-likeness (QED) is 0.611. The zero-order chi connectivity index (χ0) is 15.7. The van der Waals surface area contributed by atoms with Crippen LogP contribution in [0.25, 0.3) is 0 Å². The maximum absolute atomic E-state index is 9.45. The zero-order valence-corrected chi connectivity index (χ0v) is 13.1. The van der Waals surface area contributed by atoms with E-state index in [0.717, 1.165) is 12.1 Å². The van der Waals surface area contributed by atoms with Gasteiger partial charge in [0, 0.05) is 12.1 Å². The topological polar surface area (TPSA) is 71.0 Å². The summed E-state index contributed by atoms with van der Waals surface area (Å²) in [7, 11) is 0. The molecule has 0 aliphatic rings. The molecule has 0 aliphatic carbocycles. The van der Waals surface area contributed by atoms with Crippen LogP contribution in [0.1, 0.15) is 26.3 Å². The van der Waals surface area contributed by atoms with Crippen LogP contribution >= 0.6 is 0 Å². The molecule has 1 unspecified atom stereocenters. The Morgan fingerprint density at radius 1 is 1.24 bits per heavy atom. The second-order valence-corrected chi connectivity index (χ2v) is 5.35. The van der Waals surface area contributed by atoms with Crippen molar-refractivity contribution in [2.45, 2.75) is 33.4 Å². The van der Waals surface area contributed by atoms with Crippen LogP contribution in [0.5, 0.6) is 11.5 Å². The minimum atomic E-state index is -0.892. The second-order valence-electron chi connectivity index (χ2n) is 5.35. The summed E-state index contributed by atoms with van der Waals surface area (Å²) < 4.78 is 11.2. The van der Waals surface area contributed by atoms with Gasteiger partial charge in [-0.3, -0.25) is 0 Å². The molecular weight excluding hydrogens is 270 g/mol. The second kappa shape index (κ2) is 9.60. The smallest absolute Gasteiger partial charge is 0.165 e. The summed E-state index contributed by atoms with van der Waals surface area (Å²) >= 11 is 0. The van der Waals surface area contributed by atoms with Crippen molar-refractivity contribution in [3.05, 3.63) is 23.8 Å². The molecule has 5 heteroatoms. The highest BCUT2D eigenvalue weighted by molar-refractivity contribution is 5.46. The number of hydrogen-bond acceptors (Lipinski definition) is 5. The molecule has 0 spiro atoms. The fourth-order valence-electron chi connectivity index (χ4n) is 1.86. The van der Waals surface area contributed by atoms with Crippen LogP contribution in [0.4, 0.5) is 0 Å². The molecule has 1 atom stereocenters. The van der Waals surface area contributed by atoms with E-state index in [4.69, 9.17) is 14.6 Å². The van der Waals surface area contributed by atoms with Crippen molar-refractivity contribution in [1.29, 1.82) is 0 Å². The third-order valence-corrected chi connectivity index (χ3v) is 2.86. The molecule has 0 amide bonds. The molecule has 0 aliphatic heterocycles. The van der Waals surface area contributed by atoms with Gasteiger partial charge in [-0.05, 0) is 25.5 Å². The number of aliphatic hydroxyl groups excluding tert-OH is 2. The van der Waals surface area contributed by atoms with E-state index >= 15 is 0 Å². The Morgan fingerprint density at radius 3 is 2.62 bits per heavy atom.